The van der Waals surface area contributed by atoms with Crippen molar-refractivity contribution in [3.05, 3.63) is 67.7 Å². The van der Waals surface area contributed by atoms with Crippen molar-refractivity contribution in [3.8, 4) is 11.8 Å². The summed E-state index contributed by atoms with van der Waals surface area (Å²) < 4.78 is 5.43. The predicted molar refractivity (Wildman–Crippen MR) is 78.6 cm³/mol. The third-order valence-corrected chi connectivity index (χ3v) is 3.37. The van der Waals surface area contributed by atoms with Crippen molar-refractivity contribution in [3.63, 3.8) is 0 Å². The van der Waals surface area contributed by atoms with Crippen LogP contribution in [0.25, 0.3) is 0 Å². The Morgan fingerprint density at radius 2 is 1.95 bits per heavy atom. The third-order valence-electron chi connectivity index (χ3n) is 2.65. The Morgan fingerprint density at radius 1 is 1.24 bits per heavy atom. The first kappa shape index (κ1) is 15.1. The van der Waals surface area contributed by atoms with Gasteiger partial charge < -0.3 is 4.74 Å². The minimum atomic E-state index is -0.594. The van der Waals surface area contributed by atoms with Crippen molar-refractivity contribution in [1.82, 2.24) is 0 Å². The first-order chi connectivity index (χ1) is 10.0. The first-order valence-corrected chi connectivity index (χ1v) is 6.52. The molecule has 0 heterocycles. The number of nitriles is 1. The number of hydrogen-bond acceptors (Lipinski definition) is 4. The predicted octanol–water partition coefficient (Wildman–Crippen LogP) is 4.35. The molecule has 2 rings (SSSR count). The van der Waals surface area contributed by atoms with Crippen LogP contribution >= 0.6 is 23.2 Å². The Hall–Kier alpha value is -2.29. The smallest absolute Gasteiger partial charge is 0.312 e. The van der Waals surface area contributed by atoms with Crippen molar-refractivity contribution in [2.45, 2.75) is 6.61 Å². The van der Waals surface area contributed by atoms with Gasteiger partial charge in [0.05, 0.1) is 26.6 Å². The van der Waals surface area contributed by atoms with Crippen LogP contribution in [0.15, 0.2) is 36.4 Å². The van der Waals surface area contributed by atoms with E-state index in [0.717, 1.165) is 11.6 Å². The molecule has 106 valence electrons. The molecular weight excluding hydrogens is 315 g/mol. The fraction of sp³-hybridized carbons (Fsp3) is 0.0714. The highest BCUT2D eigenvalue weighted by Gasteiger charge is 2.18. The van der Waals surface area contributed by atoms with Crippen LogP contribution in [0.5, 0.6) is 5.75 Å². The Morgan fingerprint density at radius 3 is 2.62 bits per heavy atom. The molecule has 0 aliphatic rings. The quantitative estimate of drug-likeness (QED) is 0.619. The lowest BCUT2D eigenvalue weighted by atomic mass is 10.1. The largest absolute Gasteiger partial charge is 0.482 e. The van der Waals surface area contributed by atoms with Crippen LogP contribution in [0.2, 0.25) is 10.0 Å². The molecule has 0 aromatic heterocycles. The van der Waals surface area contributed by atoms with Gasteiger partial charge >= 0.3 is 5.69 Å². The Labute approximate surface area is 130 Å². The summed E-state index contributed by atoms with van der Waals surface area (Å²) in [5.74, 6) is 0.0248. The molecule has 0 saturated carbocycles. The van der Waals surface area contributed by atoms with Gasteiger partial charge in [-0.25, -0.2) is 0 Å². The fourth-order valence-corrected chi connectivity index (χ4v) is 1.98. The van der Waals surface area contributed by atoms with E-state index in [0.29, 0.717) is 5.56 Å². The molecule has 0 saturated heterocycles. The summed E-state index contributed by atoms with van der Waals surface area (Å²) in [6, 6.07) is 11.2. The van der Waals surface area contributed by atoms with Crippen molar-refractivity contribution in [2.24, 2.45) is 0 Å². The summed E-state index contributed by atoms with van der Waals surface area (Å²) in [5.41, 5.74) is 0.940. The highest BCUT2D eigenvalue weighted by atomic mass is 35.5. The van der Waals surface area contributed by atoms with E-state index in [9.17, 15) is 10.1 Å². The normalized spacial score (nSPS) is 9.95. The van der Waals surface area contributed by atoms with Crippen LogP contribution in [-0.2, 0) is 6.61 Å². The Kier molecular flexibility index (Phi) is 4.63. The standard InChI is InChI=1S/C14H8Cl2N2O3/c15-11-5-13(18(19)20)14(6-12(11)16)21-8-10-3-1-2-9(4-10)7-17/h1-6H,8H2. The second-order valence-corrected chi connectivity index (χ2v) is 4.91. The molecule has 2 aromatic carbocycles. The molecule has 0 bridgehead atoms. The first-order valence-electron chi connectivity index (χ1n) is 5.76. The summed E-state index contributed by atoms with van der Waals surface area (Å²) in [6.45, 7) is 0.0777. The molecule has 0 radical (unpaired) electrons. The van der Waals surface area contributed by atoms with Crippen LogP contribution in [0.1, 0.15) is 11.1 Å². The summed E-state index contributed by atoms with van der Waals surface area (Å²) in [6.07, 6.45) is 0. The van der Waals surface area contributed by atoms with E-state index in [4.69, 9.17) is 33.2 Å². The van der Waals surface area contributed by atoms with Crippen molar-refractivity contribution in [2.75, 3.05) is 0 Å². The third kappa shape index (κ3) is 3.63. The lowest BCUT2D eigenvalue weighted by Gasteiger charge is -2.08. The molecule has 0 atom stereocenters. The van der Waals surface area contributed by atoms with E-state index >= 15 is 0 Å². The van der Waals surface area contributed by atoms with Gasteiger partial charge in [-0.2, -0.15) is 5.26 Å². The van der Waals surface area contributed by atoms with Crippen molar-refractivity contribution >= 4 is 28.9 Å². The molecule has 0 aliphatic carbocycles. The molecule has 0 aliphatic heterocycles. The minimum absolute atomic E-state index is 0.0248. The number of nitro groups is 1. The van der Waals surface area contributed by atoms with Gasteiger partial charge in [-0.1, -0.05) is 35.3 Å². The number of rotatable bonds is 4. The zero-order valence-corrected chi connectivity index (χ0v) is 12.1. The van der Waals surface area contributed by atoms with Gasteiger partial charge in [0.2, 0.25) is 0 Å². The molecule has 0 spiro atoms. The molecule has 0 unspecified atom stereocenters. The minimum Gasteiger partial charge on any atom is -0.482 e. The van der Waals surface area contributed by atoms with E-state index < -0.39 is 4.92 Å². The van der Waals surface area contributed by atoms with Gasteiger partial charge in [-0.3, -0.25) is 10.1 Å². The maximum absolute atomic E-state index is 11.0. The van der Waals surface area contributed by atoms with Crippen LogP contribution in [-0.4, -0.2) is 4.92 Å². The summed E-state index contributed by atoms with van der Waals surface area (Å²) in [7, 11) is 0. The summed E-state index contributed by atoms with van der Waals surface area (Å²) in [5, 5.41) is 20.1. The Balaban J connectivity index is 2.25. The highest BCUT2D eigenvalue weighted by Crippen LogP contribution is 2.36. The number of halogens is 2. The molecule has 21 heavy (non-hydrogen) atoms. The van der Waals surface area contributed by atoms with Crippen molar-refractivity contribution < 1.29 is 9.66 Å². The lowest BCUT2D eigenvalue weighted by Crippen LogP contribution is -1.99. The van der Waals surface area contributed by atoms with Crippen LogP contribution < -0.4 is 4.74 Å². The molecule has 5 nitrogen and oxygen atoms in total. The second kappa shape index (κ2) is 6.44. The van der Waals surface area contributed by atoms with Gasteiger partial charge in [0, 0.05) is 12.1 Å². The molecular formula is C14H8Cl2N2O3. The van der Waals surface area contributed by atoms with Crippen LogP contribution in [0, 0.1) is 21.4 Å². The second-order valence-electron chi connectivity index (χ2n) is 4.09. The summed E-state index contributed by atoms with van der Waals surface area (Å²) in [4.78, 5) is 10.4. The maximum Gasteiger partial charge on any atom is 0.312 e. The van der Waals surface area contributed by atoms with Gasteiger partial charge in [0.25, 0.3) is 0 Å². The number of ether oxygens (including phenoxy) is 1. The average Bonchev–Trinajstić information content (AvgIpc) is 2.48. The maximum atomic E-state index is 11.0. The van der Waals surface area contributed by atoms with Gasteiger partial charge in [-0.05, 0) is 17.7 Å². The number of nitro benzene ring substituents is 1. The lowest BCUT2D eigenvalue weighted by molar-refractivity contribution is -0.385. The van der Waals surface area contributed by atoms with E-state index in [-0.39, 0.29) is 28.1 Å². The Bertz CT molecular complexity index is 741. The summed E-state index contributed by atoms with van der Waals surface area (Å²) >= 11 is 11.6. The fourth-order valence-electron chi connectivity index (χ4n) is 1.67. The van der Waals surface area contributed by atoms with E-state index in [1.54, 1.807) is 24.3 Å². The van der Waals surface area contributed by atoms with Gasteiger partial charge in [-0.15, -0.1) is 0 Å². The van der Waals surface area contributed by atoms with E-state index in [1.807, 2.05) is 6.07 Å². The molecule has 0 amide bonds. The number of benzene rings is 2. The zero-order valence-electron chi connectivity index (χ0n) is 10.5. The van der Waals surface area contributed by atoms with Crippen LogP contribution in [0.4, 0.5) is 5.69 Å². The highest BCUT2D eigenvalue weighted by molar-refractivity contribution is 6.42. The topological polar surface area (TPSA) is 76.2 Å². The molecule has 7 heteroatoms. The van der Waals surface area contributed by atoms with Gasteiger partial charge in [0.15, 0.2) is 5.75 Å². The molecule has 0 fully saturated rings. The monoisotopic (exact) mass is 322 g/mol. The van der Waals surface area contributed by atoms with Crippen molar-refractivity contribution in [1.29, 1.82) is 5.26 Å². The molecule has 2 aromatic rings. The number of hydrogen-bond donors (Lipinski definition) is 0. The van der Waals surface area contributed by atoms with E-state index in [2.05, 4.69) is 0 Å². The zero-order chi connectivity index (χ0) is 15.4. The number of nitrogens with zero attached hydrogens (tertiary/aromatic N) is 2. The van der Waals surface area contributed by atoms with Crippen LogP contribution in [0.3, 0.4) is 0 Å². The van der Waals surface area contributed by atoms with E-state index in [1.165, 1.54) is 6.07 Å². The average molecular weight is 323 g/mol. The SMILES string of the molecule is N#Cc1cccc(COc2cc(Cl)c(Cl)cc2[N+](=O)[O-])c1. The molecule has 0 N–H and O–H groups in total. The van der Waals surface area contributed by atoms with Gasteiger partial charge in [0.1, 0.15) is 6.61 Å².